The first-order valence-electron chi connectivity index (χ1n) is 6.72. The van der Waals surface area contributed by atoms with Crippen molar-refractivity contribution in [2.45, 2.75) is 32.9 Å². The summed E-state index contributed by atoms with van der Waals surface area (Å²) in [5.74, 6) is 0.329. The van der Waals surface area contributed by atoms with Crippen LogP contribution in [0, 0.1) is 6.92 Å². The minimum Gasteiger partial charge on any atom is -0.508 e. The number of hydrogen-bond donors (Lipinski definition) is 2. The number of hydrogen-bond acceptors (Lipinski definition) is 3. The van der Waals surface area contributed by atoms with Gasteiger partial charge >= 0.3 is 0 Å². The lowest BCUT2D eigenvalue weighted by atomic mass is 10.0. The van der Waals surface area contributed by atoms with Gasteiger partial charge in [-0.15, -0.1) is 0 Å². The van der Waals surface area contributed by atoms with Crippen molar-refractivity contribution in [1.29, 1.82) is 0 Å². The fourth-order valence-corrected chi connectivity index (χ4v) is 2.61. The average molecular weight is 335 g/mol. The summed E-state index contributed by atoms with van der Waals surface area (Å²) in [5.41, 5.74) is 3.23. The Morgan fingerprint density at radius 2 is 2.10 bits per heavy atom. The van der Waals surface area contributed by atoms with Crippen LogP contribution in [-0.2, 0) is 6.54 Å². The van der Waals surface area contributed by atoms with Gasteiger partial charge in [-0.1, -0.05) is 28.9 Å². The van der Waals surface area contributed by atoms with Gasteiger partial charge in [0.2, 0.25) is 0 Å². The fourth-order valence-electron chi connectivity index (χ4n) is 2.23. The molecule has 3 nitrogen and oxygen atoms in total. The molecule has 2 N–H and O–H groups in total. The summed E-state index contributed by atoms with van der Waals surface area (Å²) in [5, 5.41) is 13.5. The second-order valence-electron chi connectivity index (χ2n) is 4.92. The number of nitrogens with one attached hydrogen (secondary N) is 1. The van der Waals surface area contributed by atoms with Gasteiger partial charge in [-0.05, 0) is 42.7 Å². The van der Waals surface area contributed by atoms with Crippen molar-refractivity contribution in [1.82, 2.24) is 10.3 Å². The smallest absolute Gasteiger partial charge is 0.120 e. The van der Waals surface area contributed by atoms with Crippen molar-refractivity contribution in [3.8, 4) is 5.75 Å². The molecular weight excluding hydrogens is 316 g/mol. The number of benzene rings is 1. The highest BCUT2D eigenvalue weighted by molar-refractivity contribution is 9.10. The lowest BCUT2D eigenvalue weighted by Gasteiger charge is -2.19. The predicted octanol–water partition coefficient (Wildman–Crippen LogP) is 4.10. The first-order chi connectivity index (χ1) is 9.60. The first-order valence-corrected chi connectivity index (χ1v) is 7.51. The lowest BCUT2D eigenvalue weighted by Crippen LogP contribution is -2.20. The van der Waals surface area contributed by atoms with Crippen molar-refractivity contribution >= 4 is 15.9 Å². The third-order valence-electron chi connectivity index (χ3n) is 3.26. The van der Waals surface area contributed by atoms with Crippen LogP contribution < -0.4 is 5.32 Å². The van der Waals surface area contributed by atoms with E-state index in [-0.39, 0.29) is 6.04 Å². The van der Waals surface area contributed by atoms with Crippen LogP contribution in [0.15, 0.2) is 41.1 Å². The molecule has 0 aliphatic carbocycles. The maximum absolute atomic E-state index is 10.0. The quantitative estimate of drug-likeness (QED) is 0.865. The van der Waals surface area contributed by atoms with E-state index in [9.17, 15) is 5.11 Å². The van der Waals surface area contributed by atoms with E-state index in [4.69, 9.17) is 0 Å². The Balaban J connectivity index is 2.11. The molecule has 0 fully saturated rings. The Bertz CT molecular complexity index is 586. The largest absolute Gasteiger partial charge is 0.508 e. The van der Waals surface area contributed by atoms with E-state index in [1.54, 1.807) is 6.07 Å². The van der Waals surface area contributed by atoms with E-state index < -0.39 is 0 Å². The van der Waals surface area contributed by atoms with Gasteiger partial charge < -0.3 is 10.4 Å². The summed E-state index contributed by atoms with van der Waals surface area (Å²) in [6.07, 6.45) is 4.62. The van der Waals surface area contributed by atoms with E-state index >= 15 is 0 Å². The Labute approximate surface area is 128 Å². The topological polar surface area (TPSA) is 45.2 Å². The number of aromatic hydroxyl groups is 1. The van der Waals surface area contributed by atoms with E-state index in [2.05, 4.69) is 39.2 Å². The zero-order chi connectivity index (χ0) is 14.5. The molecular formula is C16H19BrN2O. The van der Waals surface area contributed by atoms with Crippen LogP contribution in [0.1, 0.15) is 36.1 Å². The molecule has 0 bridgehead atoms. The summed E-state index contributed by atoms with van der Waals surface area (Å²) in [4.78, 5) is 4.20. The number of pyridine rings is 1. The number of rotatable bonds is 5. The molecule has 20 heavy (non-hydrogen) atoms. The van der Waals surface area contributed by atoms with Crippen LogP contribution in [-0.4, -0.2) is 10.1 Å². The maximum Gasteiger partial charge on any atom is 0.120 e. The molecule has 0 saturated heterocycles. The van der Waals surface area contributed by atoms with E-state index in [1.807, 2.05) is 31.5 Å². The van der Waals surface area contributed by atoms with Crippen LogP contribution in [0.5, 0.6) is 5.75 Å². The van der Waals surface area contributed by atoms with Crippen molar-refractivity contribution in [2.75, 3.05) is 0 Å². The highest BCUT2D eigenvalue weighted by Crippen LogP contribution is 2.29. The normalized spacial score (nSPS) is 12.3. The Hall–Kier alpha value is -1.39. The van der Waals surface area contributed by atoms with Crippen molar-refractivity contribution in [3.05, 3.63) is 57.8 Å². The minimum absolute atomic E-state index is 0.119. The fraction of sp³-hybridized carbons (Fsp3) is 0.312. The molecule has 0 radical (unpaired) electrons. The molecule has 1 atom stereocenters. The molecule has 106 valence electrons. The second kappa shape index (κ2) is 6.86. The van der Waals surface area contributed by atoms with Crippen molar-refractivity contribution in [3.63, 3.8) is 0 Å². The molecule has 0 unspecified atom stereocenters. The van der Waals surface area contributed by atoms with Crippen molar-refractivity contribution in [2.24, 2.45) is 0 Å². The highest BCUT2D eigenvalue weighted by Gasteiger charge is 2.13. The first kappa shape index (κ1) is 15.0. The Kier molecular flexibility index (Phi) is 5.15. The van der Waals surface area contributed by atoms with Crippen LogP contribution in [0.4, 0.5) is 0 Å². The predicted molar refractivity (Wildman–Crippen MR) is 84.7 cm³/mol. The lowest BCUT2D eigenvalue weighted by molar-refractivity contribution is 0.440. The third-order valence-corrected chi connectivity index (χ3v) is 3.75. The minimum atomic E-state index is 0.119. The van der Waals surface area contributed by atoms with Gasteiger partial charge in [-0.2, -0.15) is 0 Å². The summed E-state index contributed by atoms with van der Waals surface area (Å²) in [6.45, 7) is 4.87. The van der Waals surface area contributed by atoms with E-state index in [0.29, 0.717) is 5.75 Å². The van der Waals surface area contributed by atoms with Gasteiger partial charge in [0.05, 0.1) is 0 Å². The Morgan fingerprint density at radius 1 is 1.30 bits per heavy atom. The number of aromatic nitrogens is 1. The molecule has 0 aliphatic rings. The molecule has 1 aromatic carbocycles. The van der Waals surface area contributed by atoms with E-state index in [1.165, 1.54) is 0 Å². The molecule has 2 aromatic rings. The monoisotopic (exact) mass is 334 g/mol. The van der Waals surface area contributed by atoms with Crippen LogP contribution in [0.3, 0.4) is 0 Å². The number of phenolic OH excluding ortho intramolecular Hbond substituents is 1. The van der Waals surface area contributed by atoms with E-state index in [0.717, 1.165) is 34.1 Å². The highest BCUT2D eigenvalue weighted by atomic mass is 79.9. The zero-order valence-electron chi connectivity index (χ0n) is 11.7. The molecule has 1 heterocycles. The maximum atomic E-state index is 10.0. The second-order valence-corrected chi connectivity index (χ2v) is 5.83. The van der Waals surface area contributed by atoms with Crippen LogP contribution in [0.2, 0.25) is 0 Å². The molecule has 0 spiro atoms. The SMILES string of the molecule is CC[C@@H](NCc1cncc(C)c1)c1cc(Br)ccc1O. The molecule has 1 aromatic heterocycles. The zero-order valence-corrected chi connectivity index (χ0v) is 13.3. The molecule has 4 heteroatoms. The van der Waals surface area contributed by atoms with Crippen LogP contribution in [0.25, 0.3) is 0 Å². The standard InChI is InChI=1S/C16H19BrN2O/c1-3-15(14-7-13(17)4-5-16(14)20)19-10-12-6-11(2)8-18-9-12/h4-9,15,19-20H,3,10H2,1-2H3/t15-/m1/s1. The van der Waals surface area contributed by atoms with Gasteiger partial charge in [0.25, 0.3) is 0 Å². The Morgan fingerprint density at radius 3 is 2.80 bits per heavy atom. The summed E-state index contributed by atoms with van der Waals surface area (Å²) in [6, 6.07) is 7.76. The van der Waals surface area contributed by atoms with Crippen LogP contribution >= 0.6 is 15.9 Å². The van der Waals surface area contributed by atoms with Crippen molar-refractivity contribution < 1.29 is 5.11 Å². The molecule has 0 saturated carbocycles. The summed E-state index contributed by atoms with van der Waals surface area (Å²) in [7, 11) is 0. The summed E-state index contributed by atoms with van der Waals surface area (Å²) < 4.78 is 0.975. The average Bonchev–Trinajstić information content (AvgIpc) is 2.43. The van der Waals surface area contributed by atoms with Gasteiger partial charge in [0.15, 0.2) is 0 Å². The van der Waals surface area contributed by atoms with Gasteiger partial charge in [-0.25, -0.2) is 0 Å². The summed E-state index contributed by atoms with van der Waals surface area (Å²) >= 11 is 3.45. The van der Waals surface area contributed by atoms with Gasteiger partial charge in [-0.3, -0.25) is 4.98 Å². The number of nitrogens with zero attached hydrogens (tertiary/aromatic N) is 1. The van der Waals surface area contributed by atoms with Gasteiger partial charge in [0.1, 0.15) is 5.75 Å². The number of phenols is 1. The molecule has 2 rings (SSSR count). The third kappa shape index (κ3) is 3.81. The number of halogens is 1. The molecule has 0 aliphatic heterocycles. The number of aryl methyl sites for hydroxylation is 1. The molecule has 0 amide bonds. The van der Waals surface area contributed by atoms with Gasteiger partial charge in [0, 0.05) is 35.0 Å².